The minimum atomic E-state index is -3.51. The van der Waals surface area contributed by atoms with E-state index < -0.39 is 16.0 Å². The first-order valence-electron chi connectivity index (χ1n) is 6.79. The van der Waals surface area contributed by atoms with E-state index in [1.54, 1.807) is 19.1 Å². The van der Waals surface area contributed by atoms with E-state index in [1.807, 2.05) is 6.07 Å². The molecule has 21 heavy (non-hydrogen) atoms. The van der Waals surface area contributed by atoms with E-state index in [0.717, 1.165) is 10.9 Å². The summed E-state index contributed by atoms with van der Waals surface area (Å²) < 4.78 is 27.6. The lowest BCUT2D eigenvalue weighted by atomic mass is 10.0. The monoisotopic (exact) mass is 375 g/mol. The van der Waals surface area contributed by atoms with Gasteiger partial charge in [0.2, 0.25) is 10.0 Å². The Labute approximate surface area is 133 Å². The van der Waals surface area contributed by atoms with E-state index in [0.29, 0.717) is 30.0 Å². The van der Waals surface area contributed by atoms with Gasteiger partial charge in [-0.1, -0.05) is 22.0 Å². The van der Waals surface area contributed by atoms with Gasteiger partial charge in [-0.25, -0.2) is 8.42 Å². The van der Waals surface area contributed by atoms with Gasteiger partial charge in [0, 0.05) is 24.0 Å². The fraction of sp³-hybridized carbons (Fsp3) is 0.500. The molecule has 0 spiro atoms. The quantitative estimate of drug-likeness (QED) is 0.857. The maximum atomic E-state index is 12.7. The zero-order valence-electron chi connectivity index (χ0n) is 11.8. The zero-order valence-corrected chi connectivity index (χ0v) is 14.2. The largest absolute Gasteiger partial charge is 0.481 e. The van der Waals surface area contributed by atoms with Crippen LogP contribution in [-0.2, 0) is 14.8 Å². The highest BCUT2D eigenvalue weighted by Crippen LogP contribution is 2.29. The number of rotatable bonds is 5. The number of nitrogens with zero attached hydrogens (tertiary/aromatic N) is 1. The molecule has 1 fully saturated rings. The summed E-state index contributed by atoms with van der Waals surface area (Å²) in [5.41, 5.74) is 0.715. The second-order valence-electron chi connectivity index (χ2n) is 5.36. The summed E-state index contributed by atoms with van der Waals surface area (Å²) in [6, 6.07) is 5.21. The highest BCUT2D eigenvalue weighted by Gasteiger charge is 2.33. The third-order valence-electron chi connectivity index (χ3n) is 3.78. The van der Waals surface area contributed by atoms with Crippen molar-refractivity contribution in [3.63, 3.8) is 0 Å². The standard InChI is InChI=1S/C14H18BrNO4S/c1-10-2-4-12(15)8-13(10)21(19,20)16-7-6-11(9-16)3-5-14(17)18/h2,4,8,11H,3,5-7,9H2,1H3,(H,17,18). The highest BCUT2D eigenvalue weighted by atomic mass is 79.9. The van der Waals surface area contributed by atoms with E-state index >= 15 is 0 Å². The van der Waals surface area contributed by atoms with Gasteiger partial charge in [0.25, 0.3) is 0 Å². The van der Waals surface area contributed by atoms with Crippen LogP contribution < -0.4 is 0 Å². The van der Waals surface area contributed by atoms with Crippen LogP contribution in [0.1, 0.15) is 24.8 Å². The lowest BCUT2D eigenvalue weighted by Gasteiger charge is -2.18. The number of carbonyl (C=O) groups is 1. The van der Waals surface area contributed by atoms with Gasteiger partial charge < -0.3 is 5.11 Å². The van der Waals surface area contributed by atoms with E-state index in [4.69, 9.17) is 5.11 Å². The molecular weight excluding hydrogens is 358 g/mol. The van der Waals surface area contributed by atoms with Crippen LogP contribution in [0.25, 0.3) is 0 Å². The minimum Gasteiger partial charge on any atom is -0.481 e. The van der Waals surface area contributed by atoms with Crippen molar-refractivity contribution in [2.45, 2.75) is 31.1 Å². The van der Waals surface area contributed by atoms with Crippen LogP contribution in [0.3, 0.4) is 0 Å². The fourth-order valence-corrected chi connectivity index (χ4v) is 4.86. The molecule has 1 N–H and O–H groups in total. The van der Waals surface area contributed by atoms with Crippen molar-refractivity contribution in [3.8, 4) is 0 Å². The Balaban J connectivity index is 2.14. The Kier molecular flexibility index (Phi) is 5.06. The number of hydrogen-bond donors (Lipinski definition) is 1. The maximum Gasteiger partial charge on any atom is 0.303 e. The van der Waals surface area contributed by atoms with Gasteiger partial charge in [0.15, 0.2) is 0 Å². The van der Waals surface area contributed by atoms with E-state index in [9.17, 15) is 13.2 Å². The number of aliphatic carboxylic acids is 1. The van der Waals surface area contributed by atoms with Crippen LogP contribution in [0, 0.1) is 12.8 Å². The van der Waals surface area contributed by atoms with Crippen LogP contribution in [0.5, 0.6) is 0 Å². The molecule has 1 aliphatic heterocycles. The minimum absolute atomic E-state index is 0.0917. The van der Waals surface area contributed by atoms with Crippen molar-refractivity contribution in [3.05, 3.63) is 28.2 Å². The third-order valence-corrected chi connectivity index (χ3v) is 6.28. The zero-order chi connectivity index (χ0) is 15.6. The number of halogens is 1. The van der Waals surface area contributed by atoms with Gasteiger partial charge in [-0.05, 0) is 43.4 Å². The number of benzene rings is 1. The second kappa shape index (κ2) is 6.46. The molecule has 1 aromatic rings. The van der Waals surface area contributed by atoms with Crippen molar-refractivity contribution >= 4 is 31.9 Å². The molecule has 1 heterocycles. The summed E-state index contributed by atoms with van der Waals surface area (Å²) in [4.78, 5) is 10.9. The molecule has 2 rings (SSSR count). The first kappa shape index (κ1) is 16.5. The average molecular weight is 376 g/mol. The maximum absolute atomic E-state index is 12.7. The van der Waals surface area contributed by atoms with E-state index in [-0.39, 0.29) is 12.3 Å². The molecule has 0 aromatic heterocycles. The van der Waals surface area contributed by atoms with Gasteiger partial charge in [-0.3, -0.25) is 4.79 Å². The van der Waals surface area contributed by atoms with Crippen LogP contribution >= 0.6 is 15.9 Å². The summed E-state index contributed by atoms with van der Waals surface area (Å²) in [5, 5.41) is 8.71. The molecule has 1 aliphatic rings. The normalized spacial score (nSPS) is 19.8. The predicted octanol–water partition coefficient (Wildman–Crippen LogP) is 2.63. The molecule has 0 radical (unpaired) electrons. The summed E-state index contributed by atoms with van der Waals surface area (Å²) in [6.07, 6.45) is 1.34. The molecular formula is C14H18BrNO4S. The molecule has 0 saturated carbocycles. The Morgan fingerprint density at radius 3 is 2.86 bits per heavy atom. The molecule has 1 atom stereocenters. The van der Waals surface area contributed by atoms with Crippen molar-refractivity contribution in [2.75, 3.05) is 13.1 Å². The first-order chi connectivity index (χ1) is 9.80. The highest BCUT2D eigenvalue weighted by molar-refractivity contribution is 9.10. The summed E-state index contributed by atoms with van der Waals surface area (Å²) in [5.74, 6) is -0.706. The molecule has 116 valence electrons. The lowest BCUT2D eigenvalue weighted by Crippen LogP contribution is -2.29. The predicted molar refractivity (Wildman–Crippen MR) is 82.6 cm³/mol. The molecule has 0 aliphatic carbocycles. The van der Waals surface area contributed by atoms with Crippen LogP contribution in [-0.4, -0.2) is 36.9 Å². The van der Waals surface area contributed by atoms with Crippen molar-refractivity contribution < 1.29 is 18.3 Å². The molecule has 0 amide bonds. The number of carboxylic acids is 1. The average Bonchev–Trinajstić information content (AvgIpc) is 2.88. The topological polar surface area (TPSA) is 74.7 Å². The Morgan fingerprint density at radius 1 is 1.48 bits per heavy atom. The molecule has 7 heteroatoms. The smallest absolute Gasteiger partial charge is 0.303 e. The van der Waals surface area contributed by atoms with Gasteiger partial charge >= 0.3 is 5.97 Å². The molecule has 5 nitrogen and oxygen atoms in total. The van der Waals surface area contributed by atoms with E-state index in [2.05, 4.69) is 15.9 Å². The molecule has 1 unspecified atom stereocenters. The summed E-state index contributed by atoms with van der Waals surface area (Å²) >= 11 is 3.30. The number of aryl methyl sites for hydroxylation is 1. The van der Waals surface area contributed by atoms with Gasteiger partial charge in [-0.15, -0.1) is 0 Å². The van der Waals surface area contributed by atoms with E-state index in [1.165, 1.54) is 4.31 Å². The first-order valence-corrected chi connectivity index (χ1v) is 9.02. The van der Waals surface area contributed by atoms with Crippen LogP contribution in [0.2, 0.25) is 0 Å². The Bertz CT molecular complexity index is 644. The molecule has 1 saturated heterocycles. The van der Waals surface area contributed by atoms with Crippen molar-refractivity contribution in [2.24, 2.45) is 5.92 Å². The summed E-state index contributed by atoms with van der Waals surface area (Å²) in [7, 11) is -3.51. The number of carboxylic acid groups (broad SMARTS) is 1. The Hall–Kier alpha value is -0.920. The van der Waals surface area contributed by atoms with Gasteiger partial charge in [0.05, 0.1) is 4.90 Å². The summed E-state index contributed by atoms with van der Waals surface area (Å²) in [6.45, 7) is 2.64. The SMILES string of the molecule is Cc1ccc(Br)cc1S(=O)(=O)N1CCC(CCC(=O)O)C1. The van der Waals surface area contributed by atoms with Gasteiger partial charge in [-0.2, -0.15) is 4.31 Å². The van der Waals surface area contributed by atoms with Crippen LogP contribution in [0.15, 0.2) is 27.6 Å². The fourth-order valence-electron chi connectivity index (χ4n) is 2.57. The van der Waals surface area contributed by atoms with Gasteiger partial charge in [0.1, 0.15) is 0 Å². The molecule has 0 bridgehead atoms. The molecule has 1 aromatic carbocycles. The second-order valence-corrected chi connectivity index (χ2v) is 8.18. The lowest BCUT2D eigenvalue weighted by molar-refractivity contribution is -0.137. The van der Waals surface area contributed by atoms with Crippen LogP contribution in [0.4, 0.5) is 0 Å². The number of sulfonamides is 1. The third kappa shape index (κ3) is 3.84. The Morgan fingerprint density at radius 2 is 2.19 bits per heavy atom. The van der Waals surface area contributed by atoms with Crippen molar-refractivity contribution in [1.29, 1.82) is 0 Å². The number of hydrogen-bond acceptors (Lipinski definition) is 3. The van der Waals surface area contributed by atoms with Crippen molar-refractivity contribution in [1.82, 2.24) is 4.31 Å².